The molecule has 106 valence electrons. The second kappa shape index (κ2) is 5.55. The fourth-order valence-corrected chi connectivity index (χ4v) is 2.05. The van der Waals surface area contributed by atoms with E-state index in [9.17, 15) is 19.7 Å². The molecule has 0 spiro atoms. The average Bonchev–Trinajstić information content (AvgIpc) is 2.81. The predicted octanol–water partition coefficient (Wildman–Crippen LogP) is 0.384. The molecule has 2 rings (SSSR count). The van der Waals surface area contributed by atoms with Gasteiger partial charge in [0, 0.05) is 30.6 Å². The van der Waals surface area contributed by atoms with Crippen LogP contribution in [0.1, 0.15) is 23.2 Å². The number of benzene rings is 1. The van der Waals surface area contributed by atoms with Gasteiger partial charge in [-0.05, 0) is 18.6 Å². The standard InChI is InChI=1S/C12H14N4O4/c13-12(18)7-1-3-9(10(5-7)16(19)20)14-6-8-2-4-11(17)15-8/h1,3,5,8,14H,2,4,6H2,(H2,13,18)(H,15,17). The summed E-state index contributed by atoms with van der Waals surface area (Å²) in [5, 5.41) is 16.7. The van der Waals surface area contributed by atoms with Crippen molar-refractivity contribution in [1.82, 2.24) is 5.32 Å². The van der Waals surface area contributed by atoms with Crippen molar-refractivity contribution in [2.24, 2.45) is 5.73 Å². The number of nitro benzene ring substituents is 1. The summed E-state index contributed by atoms with van der Waals surface area (Å²) >= 11 is 0. The van der Waals surface area contributed by atoms with Crippen molar-refractivity contribution in [3.8, 4) is 0 Å². The number of carbonyl (C=O) groups is 2. The van der Waals surface area contributed by atoms with Gasteiger partial charge in [-0.1, -0.05) is 0 Å². The Bertz CT molecular complexity index is 573. The maximum atomic E-state index is 11.1. The van der Waals surface area contributed by atoms with Crippen molar-refractivity contribution in [3.05, 3.63) is 33.9 Å². The lowest BCUT2D eigenvalue weighted by Crippen LogP contribution is -2.31. The monoisotopic (exact) mass is 278 g/mol. The van der Waals surface area contributed by atoms with E-state index in [0.29, 0.717) is 25.1 Å². The van der Waals surface area contributed by atoms with Crippen molar-refractivity contribution in [3.63, 3.8) is 0 Å². The minimum absolute atomic E-state index is 0.0182. The second-order valence-electron chi connectivity index (χ2n) is 4.54. The molecule has 1 aromatic carbocycles. The number of nitro groups is 1. The molecule has 4 N–H and O–H groups in total. The number of hydrogen-bond acceptors (Lipinski definition) is 5. The van der Waals surface area contributed by atoms with E-state index in [4.69, 9.17) is 5.73 Å². The molecule has 1 atom stereocenters. The molecule has 0 aromatic heterocycles. The number of rotatable bonds is 5. The maximum Gasteiger partial charge on any atom is 0.293 e. The third-order valence-corrected chi connectivity index (χ3v) is 3.10. The zero-order valence-corrected chi connectivity index (χ0v) is 10.6. The van der Waals surface area contributed by atoms with Crippen molar-refractivity contribution < 1.29 is 14.5 Å². The summed E-state index contributed by atoms with van der Waals surface area (Å²) in [6.45, 7) is 0.391. The molecule has 1 unspecified atom stereocenters. The number of nitrogens with one attached hydrogen (secondary N) is 2. The average molecular weight is 278 g/mol. The third-order valence-electron chi connectivity index (χ3n) is 3.10. The van der Waals surface area contributed by atoms with Gasteiger partial charge >= 0.3 is 0 Å². The molecule has 1 saturated heterocycles. The number of hydrogen-bond donors (Lipinski definition) is 3. The first-order valence-electron chi connectivity index (χ1n) is 6.09. The van der Waals surface area contributed by atoms with Crippen molar-refractivity contribution >= 4 is 23.2 Å². The van der Waals surface area contributed by atoms with E-state index in [-0.39, 0.29) is 23.2 Å². The highest BCUT2D eigenvalue weighted by Gasteiger charge is 2.22. The van der Waals surface area contributed by atoms with Crippen molar-refractivity contribution in [2.45, 2.75) is 18.9 Å². The third kappa shape index (κ3) is 3.02. The molecular formula is C12H14N4O4. The molecule has 2 amide bonds. The van der Waals surface area contributed by atoms with Gasteiger partial charge in [-0.2, -0.15) is 0 Å². The van der Waals surface area contributed by atoms with E-state index in [2.05, 4.69) is 10.6 Å². The number of nitrogens with zero attached hydrogens (tertiary/aromatic N) is 1. The summed E-state index contributed by atoms with van der Waals surface area (Å²) in [5.74, 6) is -0.738. The lowest BCUT2D eigenvalue weighted by atomic mass is 10.1. The summed E-state index contributed by atoms with van der Waals surface area (Å²) in [6.07, 6.45) is 1.16. The molecule has 1 aromatic rings. The molecule has 0 bridgehead atoms. The van der Waals surface area contributed by atoms with E-state index in [1.165, 1.54) is 12.1 Å². The maximum absolute atomic E-state index is 11.1. The predicted molar refractivity (Wildman–Crippen MR) is 71.3 cm³/mol. The fraction of sp³-hybridized carbons (Fsp3) is 0.333. The summed E-state index contributed by atoms with van der Waals surface area (Å²) in [5.41, 5.74) is 5.25. The Morgan fingerprint density at radius 2 is 2.30 bits per heavy atom. The normalized spacial score (nSPS) is 17.6. The van der Waals surface area contributed by atoms with Crippen LogP contribution >= 0.6 is 0 Å². The molecule has 1 aliphatic rings. The van der Waals surface area contributed by atoms with Gasteiger partial charge in [-0.3, -0.25) is 19.7 Å². The molecule has 0 aliphatic carbocycles. The van der Waals surface area contributed by atoms with E-state index >= 15 is 0 Å². The van der Waals surface area contributed by atoms with Gasteiger partial charge in [0.1, 0.15) is 5.69 Å². The van der Waals surface area contributed by atoms with E-state index in [0.717, 1.165) is 6.07 Å². The van der Waals surface area contributed by atoms with E-state index in [1.54, 1.807) is 0 Å². The summed E-state index contributed by atoms with van der Waals surface area (Å²) in [6, 6.07) is 3.95. The molecule has 0 radical (unpaired) electrons. The van der Waals surface area contributed by atoms with Crippen LogP contribution in [-0.4, -0.2) is 29.3 Å². The van der Waals surface area contributed by atoms with Crippen LogP contribution in [0.15, 0.2) is 18.2 Å². The van der Waals surface area contributed by atoms with Crippen LogP contribution in [-0.2, 0) is 4.79 Å². The lowest BCUT2D eigenvalue weighted by Gasteiger charge is -2.12. The molecule has 0 saturated carbocycles. The van der Waals surface area contributed by atoms with Crippen LogP contribution in [0.3, 0.4) is 0 Å². The minimum Gasteiger partial charge on any atom is -0.377 e. The van der Waals surface area contributed by atoms with Crippen molar-refractivity contribution in [2.75, 3.05) is 11.9 Å². The zero-order valence-electron chi connectivity index (χ0n) is 10.6. The van der Waals surface area contributed by atoms with Crippen LogP contribution in [0.5, 0.6) is 0 Å². The summed E-state index contributed by atoms with van der Waals surface area (Å²) in [4.78, 5) is 32.5. The number of carbonyl (C=O) groups excluding carboxylic acids is 2. The Labute approximate surface area is 114 Å². The molecular weight excluding hydrogens is 264 g/mol. The zero-order chi connectivity index (χ0) is 14.7. The van der Waals surface area contributed by atoms with Crippen LogP contribution < -0.4 is 16.4 Å². The quantitative estimate of drug-likeness (QED) is 0.530. The Kier molecular flexibility index (Phi) is 3.83. The van der Waals surface area contributed by atoms with Gasteiger partial charge in [0.05, 0.1) is 4.92 Å². The molecule has 8 heteroatoms. The number of amides is 2. The topological polar surface area (TPSA) is 127 Å². The largest absolute Gasteiger partial charge is 0.377 e. The SMILES string of the molecule is NC(=O)c1ccc(NCC2CCC(=O)N2)c([N+](=O)[O-])c1. The van der Waals surface area contributed by atoms with Crippen LogP contribution in [0.25, 0.3) is 0 Å². The smallest absolute Gasteiger partial charge is 0.293 e. The van der Waals surface area contributed by atoms with Gasteiger partial charge in [0.25, 0.3) is 5.69 Å². The summed E-state index contributed by atoms with van der Waals surface area (Å²) < 4.78 is 0. The Morgan fingerprint density at radius 3 is 2.85 bits per heavy atom. The number of nitrogens with two attached hydrogens (primary N) is 1. The molecule has 1 heterocycles. The van der Waals surface area contributed by atoms with Gasteiger partial charge < -0.3 is 16.4 Å². The highest BCUT2D eigenvalue weighted by molar-refractivity contribution is 5.94. The molecule has 1 aliphatic heterocycles. The van der Waals surface area contributed by atoms with Crippen LogP contribution in [0.4, 0.5) is 11.4 Å². The first-order chi connectivity index (χ1) is 9.47. The second-order valence-corrected chi connectivity index (χ2v) is 4.54. The first kappa shape index (κ1) is 13.8. The van der Waals surface area contributed by atoms with Gasteiger partial charge in [-0.25, -0.2) is 0 Å². The van der Waals surface area contributed by atoms with Gasteiger partial charge in [0.15, 0.2) is 0 Å². The molecule has 8 nitrogen and oxygen atoms in total. The Balaban J connectivity index is 2.12. The van der Waals surface area contributed by atoms with E-state index in [1.807, 2.05) is 0 Å². The Hall–Kier alpha value is -2.64. The molecule has 1 fully saturated rings. The highest BCUT2D eigenvalue weighted by Crippen LogP contribution is 2.25. The number of anilines is 1. The molecule has 20 heavy (non-hydrogen) atoms. The Morgan fingerprint density at radius 1 is 1.55 bits per heavy atom. The van der Waals surface area contributed by atoms with Gasteiger partial charge in [-0.15, -0.1) is 0 Å². The van der Waals surface area contributed by atoms with Crippen LogP contribution in [0, 0.1) is 10.1 Å². The fourth-order valence-electron chi connectivity index (χ4n) is 2.05. The minimum atomic E-state index is -0.720. The first-order valence-corrected chi connectivity index (χ1v) is 6.09. The van der Waals surface area contributed by atoms with Gasteiger partial charge in [0.2, 0.25) is 11.8 Å². The van der Waals surface area contributed by atoms with E-state index < -0.39 is 10.8 Å². The number of primary amides is 1. The lowest BCUT2D eigenvalue weighted by molar-refractivity contribution is -0.384. The highest BCUT2D eigenvalue weighted by atomic mass is 16.6. The van der Waals surface area contributed by atoms with Crippen LogP contribution in [0.2, 0.25) is 0 Å². The van der Waals surface area contributed by atoms with Crippen molar-refractivity contribution in [1.29, 1.82) is 0 Å². The summed E-state index contributed by atoms with van der Waals surface area (Å²) in [7, 11) is 0.